The van der Waals surface area contributed by atoms with Crippen LogP contribution in [0.2, 0.25) is 0 Å². The van der Waals surface area contributed by atoms with Crippen LogP contribution in [0.15, 0.2) is 23.0 Å². The minimum Gasteiger partial charge on any atom is -0.450 e. The van der Waals surface area contributed by atoms with E-state index in [4.69, 9.17) is 9.72 Å². The number of hydrogen-bond donors (Lipinski definition) is 1. The van der Waals surface area contributed by atoms with Gasteiger partial charge in [0.2, 0.25) is 5.95 Å². The molecule has 3 aliphatic rings. The number of nitrogens with one attached hydrogen (secondary N) is 1. The Balaban J connectivity index is 1.43. The molecule has 6 heteroatoms. The number of fused-ring (bicyclic) bond motifs is 3. The number of ether oxygens (including phenoxy) is 1. The van der Waals surface area contributed by atoms with Crippen molar-refractivity contribution in [2.24, 2.45) is 0 Å². The summed E-state index contributed by atoms with van der Waals surface area (Å²) in [5, 5.41) is 0. The third kappa shape index (κ3) is 2.50. The molecule has 1 aromatic heterocycles. The second kappa shape index (κ2) is 5.94. The molecule has 1 aliphatic carbocycles. The Bertz CT molecular complexity index is 987. The average Bonchev–Trinajstić information content (AvgIpc) is 2.95. The number of piperidine rings is 1. The van der Waals surface area contributed by atoms with E-state index < -0.39 is 5.60 Å². The predicted octanol–water partition coefficient (Wildman–Crippen LogP) is 2.62. The molecule has 6 nitrogen and oxygen atoms in total. The van der Waals surface area contributed by atoms with Crippen LogP contribution in [-0.2, 0) is 23.2 Å². The van der Waals surface area contributed by atoms with Gasteiger partial charge in [-0.1, -0.05) is 12.1 Å². The molecule has 3 heterocycles. The largest absolute Gasteiger partial charge is 0.450 e. The molecule has 1 spiro atoms. The number of rotatable bonds is 1. The fraction of sp³-hybridized carbons (Fsp3) is 0.476. The van der Waals surface area contributed by atoms with E-state index >= 15 is 0 Å². The molecule has 0 atom stereocenters. The van der Waals surface area contributed by atoms with Crippen molar-refractivity contribution in [3.63, 3.8) is 0 Å². The molecule has 1 fully saturated rings. The normalized spacial score (nSPS) is 20.3. The van der Waals surface area contributed by atoms with Crippen molar-refractivity contribution < 1.29 is 9.53 Å². The number of aromatic nitrogens is 2. The van der Waals surface area contributed by atoms with E-state index in [9.17, 15) is 9.59 Å². The highest BCUT2D eigenvalue weighted by Gasteiger charge is 2.48. The standard InChI is InChI=1S/C21H23N3O3/c1-13-5-4-7-15-17(13)21(27-19(15)26)9-11-24(12-10-21)20-22-16-8-3-2-6-14(16)18(25)23-20/h4-5,7H,2-3,6,8-12H2,1H3,(H,22,23,25). The van der Waals surface area contributed by atoms with Crippen molar-refractivity contribution in [1.29, 1.82) is 0 Å². The smallest absolute Gasteiger partial charge is 0.339 e. The van der Waals surface area contributed by atoms with Gasteiger partial charge in [0.25, 0.3) is 5.56 Å². The Hall–Kier alpha value is -2.63. The molecule has 0 unspecified atom stereocenters. The molecule has 2 aliphatic heterocycles. The lowest BCUT2D eigenvalue weighted by molar-refractivity contribution is -0.0214. The number of carbonyl (C=O) groups excluding carboxylic acids is 1. The minimum atomic E-state index is -0.539. The second-order valence-electron chi connectivity index (χ2n) is 7.89. The Kier molecular flexibility index (Phi) is 3.64. The van der Waals surface area contributed by atoms with Gasteiger partial charge in [0, 0.05) is 37.1 Å². The molecular weight excluding hydrogens is 342 g/mol. The summed E-state index contributed by atoms with van der Waals surface area (Å²) in [5.41, 5.74) is 4.12. The van der Waals surface area contributed by atoms with E-state index in [1.807, 2.05) is 25.1 Å². The first kappa shape index (κ1) is 16.5. The van der Waals surface area contributed by atoms with Crippen molar-refractivity contribution in [3.05, 3.63) is 56.5 Å². The number of esters is 1. The van der Waals surface area contributed by atoms with E-state index in [2.05, 4.69) is 9.88 Å². The van der Waals surface area contributed by atoms with E-state index in [-0.39, 0.29) is 11.5 Å². The first-order valence-electron chi connectivity index (χ1n) is 9.78. The summed E-state index contributed by atoms with van der Waals surface area (Å²) in [6, 6.07) is 5.80. The van der Waals surface area contributed by atoms with Crippen molar-refractivity contribution >= 4 is 11.9 Å². The zero-order valence-electron chi connectivity index (χ0n) is 15.5. The molecule has 2 aromatic rings. The summed E-state index contributed by atoms with van der Waals surface area (Å²) in [5.74, 6) is 0.437. The van der Waals surface area contributed by atoms with Gasteiger partial charge in [-0.2, -0.15) is 0 Å². The maximum atomic E-state index is 12.4. The van der Waals surface area contributed by atoms with E-state index in [1.165, 1.54) is 0 Å². The Morgan fingerprint density at radius 2 is 1.93 bits per heavy atom. The predicted molar refractivity (Wildman–Crippen MR) is 101 cm³/mol. The van der Waals surface area contributed by atoms with Gasteiger partial charge in [0.15, 0.2) is 0 Å². The zero-order valence-corrected chi connectivity index (χ0v) is 15.5. The zero-order chi connectivity index (χ0) is 18.6. The molecule has 1 saturated heterocycles. The highest BCUT2D eigenvalue weighted by Crippen LogP contribution is 2.45. The first-order valence-corrected chi connectivity index (χ1v) is 9.78. The number of aromatic amines is 1. The molecular formula is C21H23N3O3. The van der Waals surface area contributed by atoms with Gasteiger partial charge in [-0.25, -0.2) is 9.78 Å². The monoisotopic (exact) mass is 365 g/mol. The third-order valence-electron chi connectivity index (χ3n) is 6.29. The summed E-state index contributed by atoms with van der Waals surface area (Å²) in [6.45, 7) is 3.43. The summed E-state index contributed by atoms with van der Waals surface area (Å²) >= 11 is 0. The maximum absolute atomic E-state index is 12.4. The van der Waals surface area contributed by atoms with Crippen molar-refractivity contribution in [2.75, 3.05) is 18.0 Å². The molecule has 5 rings (SSSR count). The van der Waals surface area contributed by atoms with E-state index in [1.54, 1.807) is 0 Å². The molecule has 140 valence electrons. The van der Waals surface area contributed by atoms with Crippen LogP contribution < -0.4 is 10.5 Å². The van der Waals surface area contributed by atoms with Gasteiger partial charge in [-0.3, -0.25) is 9.78 Å². The fourth-order valence-corrected chi connectivity index (χ4v) is 4.90. The number of benzene rings is 1. The van der Waals surface area contributed by atoms with Crippen molar-refractivity contribution in [2.45, 2.75) is 51.0 Å². The quantitative estimate of drug-likeness (QED) is 0.787. The van der Waals surface area contributed by atoms with Crippen LogP contribution in [0.25, 0.3) is 0 Å². The highest BCUT2D eigenvalue weighted by atomic mass is 16.6. The van der Waals surface area contributed by atoms with Crippen LogP contribution in [0.5, 0.6) is 0 Å². The lowest BCUT2D eigenvalue weighted by Gasteiger charge is -2.39. The van der Waals surface area contributed by atoms with Gasteiger partial charge in [-0.05, 0) is 44.2 Å². The number of anilines is 1. The van der Waals surface area contributed by atoms with E-state index in [0.29, 0.717) is 37.4 Å². The Morgan fingerprint density at radius 1 is 1.15 bits per heavy atom. The number of carbonyl (C=O) groups is 1. The third-order valence-corrected chi connectivity index (χ3v) is 6.29. The van der Waals surface area contributed by atoms with Crippen LogP contribution >= 0.6 is 0 Å². The van der Waals surface area contributed by atoms with Gasteiger partial charge in [0.05, 0.1) is 11.3 Å². The topological polar surface area (TPSA) is 75.3 Å². The minimum absolute atomic E-state index is 0.00321. The lowest BCUT2D eigenvalue weighted by atomic mass is 9.81. The lowest BCUT2D eigenvalue weighted by Crippen LogP contribution is -2.44. The number of nitrogens with zero attached hydrogens (tertiary/aromatic N) is 2. The van der Waals surface area contributed by atoms with Gasteiger partial charge in [-0.15, -0.1) is 0 Å². The Labute approximate surface area is 157 Å². The summed E-state index contributed by atoms with van der Waals surface area (Å²) in [7, 11) is 0. The van der Waals surface area contributed by atoms with Gasteiger partial charge < -0.3 is 9.64 Å². The van der Waals surface area contributed by atoms with Crippen LogP contribution in [0.3, 0.4) is 0 Å². The number of H-pyrrole nitrogens is 1. The summed E-state index contributed by atoms with van der Waals surface area (Å²) in [4.78, 5) is 34.6. The van der Waals surface area contributed by atoms with Gasteiger partial charge >= 0.3 is 5.97 Å². The van der Waals surface area contributed by atoms with Crippen molar-refractivity contribution in [3.8, 4) is 0 Å². The molecule has 1 N–H and O–H groups in total. The molecule has 0 saturated carbocycles. The summed E-state index contributed by atoms with van der Waals surface area (Å²) in [6.07, 6.45) is 5.28. The molecule has 1 aromatic carbocycles. The molecule has 0 radical (unpaired) electrons. The highest BCUT2D eigenvalue weighted by molar-refractivity contribution is 5.95. The maximum Gasteiger partial charge on any atom is 0.339 e. The first-order chi connectivity index (χ1) is 13.1. The summed E-state index contributed by atoms with van der Waals surface area (Å²) < 4.78 is 5.88. The van der Waals surface area contributed by atoms with Crippen LogP contribution in [0.1, 0.15) is 58.4 Å². The molecule has 0 amide bonds. The van der Waals surface area contributed by atoms with E-state index in [0.717, 1.165) is 48.1 Å². The molecule has 27 heavy (non-hydrogen) atoms. The Morgan fingerprint density at radius 3 is 2.74 bits per heavy atom. The fourth-order valence-electron chi connectivity index (χ4n) is 4.90. The van der Waals surface area contributed by atoms with Crippen LogP contribution in [0, 0.1) is 6.92 Å². The SMILES string of the molecule is Cc1cccc2c1C1(CCN(c3nc4c(c(=O)[nH]3)CCCC4)CC1)OC2=O. The van der Waals surface area contributed by atoms with Crippen molar-refractivity contribution in [1.82, 2.24) is 9.97 Å². The average molecular weight is 365 g/mol. The molecule has 0 bridgehead atoms. The number of hydrogen-bond acceptors (Lipinski definition) is 5. The van der Waals surface area contributed by atoms with Crippen LogP contribution in [-0.4, -0.2) is 29.0 Å². The number of aryl methyl sites for hydroxylation is 2. The second-order valence-corrected chi connectivity index (χ2v) is 7.89. The van der Waals surface area contributed by atoms with Crippen LogP contribution in [0.4, 0.5) is 5.95 Å². The van der Waals surface area contributed by atoms with Gasteiger partial charge in [0.1, 0.15) is 5.60 Å².